The molecule has 1 unspecified atom stereocenters. The second-order valence-corrected chi connectivity index (χ2v) is 6.36. The summed E-state index contributed by atoms with van der Waals surface area (Å²) in [6.07, 6.45) is 5.08. The smallest absolute Gasteiger partial charge is 0.231 e. The van der Waals surface area contributed by atoms with E-state index >= 15 is 0 Å². The summed E-state index contributed by atoms with van der Waals surface area (Å²) >= 11 is 0. The van der Waals surface area contributed by atoms with Crippen LogP contribution in [0.2, 0.25) is 0 Å². The van der Waals surface area contributed by atoms with Gasteiger partial charge in [0.15, 0.2) is 11.6 Å². The van der Waals surface area contributed by atoms with Gasteiger partial charge in [-0.15, -0.1) is 0 Å². The Morgan fingerprint density at radius 3 is 2.70 bits per heavy atom. The van der Waals surface area contributed by atoms with E-state index in [1.165, 1.54) is 10.9 Å². The van der Waals surface area contributed by atoms with Crippen LogP contribution in [-0.2, 0) is 4.79 Å². The molecule has 1 atom stereocenters. The molecule has 2 aromatic rings. The highest BCUT2D eigenvalue weighted by Gasteiger charge is 2.51. The van der Waals surface area contributed by atoms with E-state index < -0.39 is 5.82 Å². The lowest BCUT2D eigenvalue weighted by Crippen LogP contribution is -2.57. The highest BCUT2D eigenvalue weighted by atomic mass is 19.1. The Balaban J connectivity index is 1.53. The van der Waals surface area contributed by atoms with Crippen LogP contribution in [0.3, 0.4) is 0 Å². The number of nitrogens with zero attached hydrogens (tertiary/aromatic N) is 4. The van der Waals surface area contributed by atoms with Crippen LogP contribution in [0.1, 0.15) is 24.9 Å². The van der Waals surface area contributed by atoms with Gasteiger partial charge in [0.2, 0.25) is 5.91 Å². The van der Waals surface area contributed by atoms with Crippen molar-refractivity contribution in [2.75, 3.05) is 19.6 Å². The van der Waals surface area contributed by atoms with Crippen LogP contribution >= 0.6 is 0 Å². The molecule has 6 nitrogen and oxygen atoms in total. The Kier molecular flexibility index (Phi) is 3.19. The van der Waals surface area contributed by atoms with Crippen LogP contribution in [0.25, 0.3) is 5.82 Å². The summed E-state index contributed by atoms with van der Waals surface area (Å²) in [7, 11) is 0. The monoisotopic (exact) mass is 315 g/mol. The highest BCUT2D eigenvalue weighted by Crippen LogP contribution is 2.39. The topological polar surface area (TPSA) is 63.1 Å². The van der Waals surface area contributed by atoms with Gasteiger partial charge in [-0.05, 0) is 25.0 Å². The number of halogens is 1. The lowest BCUT2D eigenvalue weighted by molar-refractivity contribution is -0.140. The summed E-state index contributed by atoms with van der Waals surface area (Å²) in [5, 5.41) is 7.10. The third-order valence-electron chi connectivity index (χ3n) is 4.98. The molecule has 0 aromatic carbocycles. The molecule has 2 aliphatic rings. The third-order valence-corrected chi connectivity index (χ3v) is 4.98. The summed E-state index contributed by atoms with van der Waals surface area (Å²) < 4.78 is 14.4. The average molecular weight is 315 g/mol. The van der Waals surface area contributed by atoms with Crippen molar-refractivity contribution in [2.45, 2.75) is 19.4 Å². The minimum Gasteiger partial charge on any atom is -0.335 e. The Morgan fingerprint density at radius 2 is 2.17 bits per heavy atom. The molecule has 120 valence electrons. The molecule has 2 fully saturated rings. The first kappa shape index (κ1) is 14.3. The van der Waals surface area contributed by atoms with Crippen LogP contribution in [0.15, 0.2) is 30.7 Å². The van der Waals surface area contributed by atoms with Crippen molar-refractivity contribution in [3.05, 3.63) is 42.1 Å². The van der Waals surface area contributed by atoms with Crippen LogP contribution in [-0.4, -0.2) is 45.2 Å². The number of hydrogen-bond donors (Lipinski definition) is 1. The van der Waals surface area contributed by atoms with Crippen molar-refractivity contribution < 1.29 is 9.18 Å². The lowest BCUT2D eigenvalue weighted by atomic mass is 9.80. The minimum atomic E-state index is -0.397. The Morgan fingerprint density at radius 1 is 1.35 bits per heavy atom. The van der Waals surface area contributed by atoms with Gasteiger partial charge in [0, 0.05) is 25.8 Å². The molecule has 2 saturated heterocycles. The van der Waals surface area contributed by atoms with Crippen LogP contribution in [0.5, 0.6) is 0 Å². The van der Waals surface area contributed by atoms with E-state index in [-0.39, 0.29) is 17.4 Å². The van der Waals surface area contributed by atoms with Crippen molar-refractivity contribution in [1.82, 2.24) is 25.0 Å². The average Bonchev–Trinajstić information content (AvgIpc) is 3.10. The zero-order valence-electron chi connectivity index (χ0n) is 12.9. The molecule has 4 heterocycles. The highest BCUT2D eigenvalue weighted by molar-refractivity contribution is 5.86. The van der Waals surface area contributed by atoms with E-state index in [4.69, 9.17) is 0 Å². The van der Waals surface area contributed by atoms with Gasteiger partial charge in [0.1, 0.15) is 0 Å². The molecule has 7 heteroatoms. The molecular weight excluding hydrogens is 297 g/mol. The fourth-order valence-corrected chi connectivity index (χ4v) is 3.36. The maximum Gasteiger partial charge on any atom is 0.231 e. The van der Waals surface area contributed by atoms with Gasteiger partial charge in [-0.1, -0.05) is 6.07 Å². The summed E-state index contributed by atoms with van der Waals surface area (Å²) in [4.78, 5) is 18.9. The fraction of sp³-hybridized carbons (Fsp3) is 0.438. The zero-order chi connectivity index (χ0) is 16.0. The molecular formula is C16H18FN5O. The van der Waals surface area contributed by atoms with Crippen LogP contribution in [0, 0.1) is 11.2 Å². The molecule has 0 bridgehead atoms. The number of nitrogens with one attached hydrogen (secondary N) is 1. The van der Waals surface area contributed by atoms with E-state index in [0.29, 0.717) is 5.82 Å². The zero-order valence-corrected chi connectivity index (χ0v) is 12.9. The summed E-state index contributed by atoms with van der Waals surface area (Å²) in [5.74, 6) is 0.394. The first-order valence-corrected chi connectivity index (χ1v) is 7.77. The number of amides is 1. The normalized spacial score (nSPS) is 20.8. The molecule has 4 rings (SSSR count). The van der Waals surface area contributed by atoms with Crippen LogP contribution < -0.4 is 5.32 Å². The fourth-order valence-electron chi connectivity index (χ4n) is 3.36. The summed E-state index contributed by atoms with van der Waals surface area (Å²) in [5.41, 5.74) is 0.799. The molecule has 23 heavy (non-hydrogen) atoms. The number of pyridine rings is 1. The molecule has 2 aromatic heterocycles. The van der Waals surface area contributed by atoms with Crippen LogP contribution in [0.4, 0.5) is 4.39 Å². The minimum absolute atomic E-state index is 0.0154. The number of carbonyl (C=O) groups excluding carboxylic acids is 1. The third kappa shape index (κ3) is 2.23. The van der Waals surface area contributed by atoms with Crippen molar-refractivity contribution in [1.29, 1.82) is 0 Å². The second-order valence-electron chi connectivity index (χ2n) is 6.36. The Bertz CT molecular complexity index is 737. The molecule has 2 aliphatic heterocycles. The molecule has 0 aliphatic carbocycles. The number of rotatable bonds is 3. The van der Waals surface area contributed by atoms with Crippen molar-refractivity contribution in [3.8, 4) is 5.82 Å². The molecule has 0 saturated carbocycles. The van der Waals surface area contributed by atoms with E-state index in [1.807, 2.05) is 17.9 Å². The van der Waals surface area contributed by atoms with Gasteiger partial charge < -0.3 is 10.2 Å². The number of aromatic nitrogens is 3. The summed E-state index contributed by atoms with van der Waals surface area (Å²) in [6, 6.07) is 3.70. The molecule has 1 amide bonds. The van der Waals surface area contributed by atoms with Gasteiger partial charge in [0.25, 0.3) is 0 Å². The summed E-state index contributed by atoms with van der Waals surface area (Å²) in [6.45, 7) is 4.38. The first-order chi connectivity index (χ1) is 11.1. The largest absolute Gasteiger partial charge is 0.335 e. The first-order valence-electron chi connectivity index (χ1n) is 7.77. The van der Waals surface area contributed by atoms with Gasteiger partial charge in [-0.25, -0.2) is 14.1 Å². The predicted octanol–water partition coefficient (Wildman–Crippen LogP) is 1.29. The van der Waals surface area contributed by atoms with Gasteiger partial charge in [-0.3, -0.25) is 4.79 Å². The maximum atomic E-state index is 13.0. The van der Waals surface area contributed by atoms with Gasteiger partial charge in [-0.2, -0.15) is 5.10 Å². The quantitative estimate of drug-likeness (QED) is 0.927. The van der Waals surface area contributed by atoms with E-state index in [1.54, 1.807) is 12.3 Å². The maximum absolute atomic E-state index is 13.0. The van der Waals surface area contributed by atoms with Crippen molar-refractivity contribution >= 4 is 5.91 Å². The van der Waals surface area contributed by atoms with E-state index in [2.05, 4.69) is 15.4 Å². The number of likely N-dealkylation sites (tertiary alicyclic amines) is 1. The standard InChI is InChI=1S/C16H18FN5O/c1-11(21-5-4-16(15(21)23)9-18-10-16)12-2-3-14(19-6-12)22-8-13(17)7-20-22/h2-3,6-8,11,18H,4-5,9-10H2,1H3. The van der Waals surface area contributed by atoms with Gasteiger partial charge in [0.05, 0.1) is 23.9 Å². The lowest BCUT2D eigenvalue weighted by Gasteiger charge is -2.38. The molecule has 0 radical (unpaired) electrons. The number of carbonyl (C=O) groups is 1. The number of hydrogen-bond acceptors (Lipinski definition) is 4. The van der Waals surface area contributed by atoms with Crippen molar-refractivity contribution in [2.24, 2.45) is 5.41 Å². The van der Waals surface area contributed by atoms with E-state index in [0.717, 1.165) is 37.8 Å². The Labute approximate surface area is 133 Å². The molecule has 1 spiro atoms. The predicted molar refractivity (Wildman–Crippen MR) is 81.4 cm³/mol. The molecule has 1 N–H and O–H groups in total. The van der Waals surface area contributed by atoms with Gasteiger partial charge >= 0.3 is 0 Å². The van der Waals surface area contributed by atoms with Crippen molar-refractivity contribution in [3.63, 3.8) is 0 Å². The Hall–Kier alpha value is -2.28. The second kappa shape index (κ2) is 5.13. The van der Waals surface area contributed by atoms with E-state index in [9.17, 15) is 9.18 Å². The SMILES string of the molecule is CC(c1ccc(-n2cc(F)cn2)nc1)N1CCC2(CNC2)C1=O.